The highest BCUT2D eigenvalue weighted by Gasteiger charge is 2.33. The molecule has 1 N–H and O–H groups in total. The highest BCUT2D eigenvalue weighted by Crippen LogP contribution is 2.32. The van der Waals surface area contributed by atoms with E-state index in [1.54, 1.807) is 6.07 Å². The highest BCUT2D eigenvalue weighted by molar-refractivity contribution is 5.35. The Balaban J connectivity index is 1.50. The summed E-state index contributed by atoms with van der Waals surface area (Å²) < 4.78 is 39.9. The Morgan fingerprint density at radius 1 is 1.03 bits per heavy atom. The number of anilines is 1. The summed E-state index contributed by atoms with van der Waals surface area (Å²) in [6.07, 6.45) is -3.34. The summed E-state index contributed by atoms with van der Waals surface area (Å²) in [7, 11) is 2.07. The summed E-state index contributed by atoms with van der Waals surface area (Å²) in [6, 6.07) is 5.69. The van der Waals surface area contributed by atoms with Crippen molar-refractivity contribution >= 4 is 5.95 Å². The van der Waals surface area contributed by atoms with Crippen LogP contribution in [0.3, 0.4) is 0 Å². The van der Waals surface area contributed by atoms with E-state index >= 15 is 0 Å². The number of H-pyrrole nitrogens is 1. The van der Waals surface area contributed by atoms with E-state index in [0.717, 1.165) is 37.9 Å². The van der Waals surface area contributed by atoms with Crippen LogP contribution in [-0.2, 0) is 25.6 Å². The first kappa shape index (κ1) is 20.9. The van der Waals surface area contributed by atoms with Crippen molar-refractivity contribution in [2.24, 2.45) is 0 Å². The molecule has 6 nitrogen and oxygen atoms in total. The number of aromatic nitrogens is 2. The second kappa shape index (κ2) is 8.39. The van der Waals surface area contributed by atoms with Crippen LogP contribution in [0.2, 0.25) is 0 Å². The molecule has 2 aliphatic rings. The maximum absolute atomic E-state index is 13.3. The zero-order chi connectivity index (χ0) is 21.3. The van der Waals surface area contributed by atoms with Gasteiger partial charge in [0.25, 0.3) is 5.56 Å². The molecule has 30 heavy (non-hydrogen) atoms. The van der Waals surface area contributed by atoms with Gasteiger partial charge in [0.1, 0.15) is 0 Å². The molecule has 1 aromatic carbocycles. The summed E-state index contributed by atoms with van der Waals surface area (Å²) >= 11 is 0. The number of piperazine rings is 1. The number of likely N-dealkylation sites (N-methyl/N-ethyl adjacent to an activating group) is 1. The third-order valence-corrected chi connectivity index (χ3v) is 5.95. The largest absolute Gasteiger partial charge is 0.416 e. The van der Waals surface area contributed by atoms with Crippen molar-refractivity contribution in [3.05, 3.63) is 57.0 Å². The summed E-state index contributed by atoms with van der Waals surface area (Å²) in [6.45, 7) is 4.72. The summed E-state index contributed by atoms with van der Waals surface area (Å²) in [5.41, 5.74) is 0.946. The number of rotatable bonds is 3. The van der Waals surface area contributed by atoms with E-state index in [0.29, 0.717) is 37.4 Å². The quantitative estimate of drug-likeness (QED) is 0.823. The number of fused-ring (bicyclic) bond motifs is 1. The molecular formula is C21H26F3N5O. The Morgan fingerprint density at radius 2 is 1.73 bits per heavy atom. The van der Waals surface area contributed by atoms with Gasteiger partial charge in [-0.1, -0.05) is 18.2 Å². The van der Waals surface area contributed by atoms with Gasteiger partial charge >= 0.3 is 6.18 Å². The Hall–Kier alpha value is -2.39. The van der Waals surface area contributed by atoms with Crippen molar-refractivity contribution in [1.82, 2.24) is 19.8 Å². The monoisotopic (exact) mass is 421 g/mol. The smallest absolute Gasteiger partial charge is 0.340 e. The third-order valence-electron chi connectivity index (χ3n) is 5.95. The lowest BCUT2D eigenvalue weighted by Crippen LogP contribution is -2.45. The molecule has 3 heterocycles. The number of halogens is 3. The van der Waals surface area contributed by atoms with Crippen molar-refractivity contribution in [2.45, 2.75) is 25.6 Å². The van der Waals surface area contributed by atoms with E-state index in [2.05, 4.69) is 21.8 Å². The molecular weight excluding hydrogens is 395 g/mol. The molecule has 0 aliphatic carbocycles. The minimum atomic E-state index is -4.37. The standard InChI is InChI=1S/C21H26F3N5O/c1-27-10-12-29(13-11-27)20-25-18-7-9-28(8-6-16(18)19(30)26-20)14-15-4-2-3-5-17(15)21(22,23)24/h2-5H,6-14H2,1H3,(H,25,26,30). The molecule has 2 aliphatic heterocycles. The topological polar surface area (TPSA) is 55.5 Å². The van der Waals surface area contributed by atoms with Crippen LogP contribution in [0.25, 0.3) is 0 Å². The van der Waals surface area contributed by atoms with Crippen LogP contribution in [0.5, 0.6) is 0 Å². The third kappa shape index (κ3) is 4.52. The zero-order valence-electron chi connectivity index (χ0n) is 17.0. The summed E-state index contributed by atoms with van der Waals surface area (Å²) in [5, 5.41) is 0. The Morgan fingerprint density at radius 3 is 2.47 bits per heavy atom. The number of alkyl halides is 3. The summed E-state index contributed by atoms with van der Waals surface area (Å²) in [4.78, 5) is 26.6. The Bertz CT molecular complexity index is 950. The van der Waals surface area contributed by atoms with Gasteiger partial charge in [0.2, 0.25) is 5.95 Å². The number of hydrogen-bond donors (Lipinski definition) is 1. The SMILES string of the molecule is CN1CCN(c2nc3c(c(=O)[nH]2)CCN(Cc2ccccc2C(F)(F)F)CC3)CC1. The summed E-state index contributed by atoms with van der Waals surface area (Å²) in [5.74, 6) is 0.600. The fraction of sp³-hybridized carbons (Fsp3) is 0.524. The van der Waals surface area contributed by atoms with Gasteiger partial charge < -0.3 is 9.80 Å². The lowest BCUT2D eigenvalue weighted by molar-refractivity contribution is -0.138. The van der Waals surface area contributed by atoms with Crippen LogP contribution in [0.15, 0.2) is 29.1 Å². The molecule has 9 heteroatoms. The van der Waals surface area contributed by atoms with Gasteiger partial charge in [-0.3, -0.25) is 14.7 Å². The van der Waals surface area contributed by atoms with E-state index in [4.69, 9.17) is 4.98 Å². The molecule has 1 fully saturated rings. The fourth-order valence-corrected chi connectivity index (χ4v) is 4.14. The normalized spacial score (nSPS) is 18.9. The molecule has 2 aromatic rings. The van der Waals surface area contributed by atoms with E-state index in [1.165, 1.54) is 12.1 Å². The van der Waals surface area contributed by atoms with Gasteiger partial charge in [-0.15, -0.1) is 0 Å². The zero-order valence-corrected chi connectivity index (χ0v) is 17.0. The average Bonchev–Trinajstić information content (AvgIpc) is 2.91. The van der Waals surface area contributed by atoms with Gasteiger partial charge in [0, 0.05) is 57.8 Å². The first-order chi connectivity index (χ1) is 14.3. The average molecular weight is 421 g/mol. The van der Waals surface area contributed by atoms with Crippen molar-refractivity contribution in [3.63, 3.8) is 0 Å². The van der Waals surface area contributed by atoms with Crippen molar-refractivity contribution in [2.75, 3.05) is 51.2 Å². The van der Waals surface area contributed by atoms with Gasteiger partial charge in [-0.2, -0.15) is 13.2 Å². The molecule has 0 spiro atoms. The number of benzene rings is 1. The number of nitrogens with one attached hydrogen (secondary N) is 1. The van der Waals surface area contributed by atoms with E-state index < -0.39 is 11.7 Å². The van der Waals surface area contributed by atoms with Crippen LogP contribution in [0.1, 0.15) is 22.4 Å². The molecule has 4 rings (SSSR count). The van der Waals surface area contributed by atoms with Gasteiger partial charge in [-0.25, -0.2) is 4.98 Å². The minimum Gasteiger partial charge on any atom is -0.340 e. The number of aromatic amines is 1. The highest BCUT2D eigenvalue weighted by atomic mass is 19.4. The van der Waals surface area contributed by atoms with Crippen LogP contribution >= 0.6 is 0 Å². The van der Waals surface area contributed by atoms with E-state index in [1.807, 2.05) is 4.90 Å². The fourth-order valence-electron chi connectivity index (χ4n) is 4.14. The molecule has 1 aromatic heterocycles. The van der Waals surface area contributed by atoms with Crippen LogP contribution in [-0.4, -0.2) is 66.1 Å². The van der Waals surface area contributed by atoms with Crippen molar-refractivity contribution in [3.8, 4) is 0 Å². The second-order valence-electron chi connectivity index (χ2n) is 8.04. The Labute approximate surface area is 173 Å². The lowest BCUT2D eigenvalue weighted by Gasteiger charge is -2.32. The molecule has 0 bridgehead atoms. The van der Waals surface area contributed by atoms with Crippen molar-refractivity contribution in [1.29, 1.82) is 0 Å². The molecule has 0 amide bonds. The molecule has 0 unspecified atom stereocenters. The van der Waals surface area contributed by atoms with Crippen LogP contribution in [0.4, 0.5) is 19.1 Å². The number of hydrogen-bond acceptors (Lipinski definition) is 5. The van der Waals surface area contributed by atoms with E-state index in [-0.39, 0.29) is 17.7 Å². The van der Waals surface area contributed by atoms with E-state index in [9.17, 15) is 18.0 Å². The maximum Gasteiger partial charge on any atom is 0.416 e. The van der Waals surface area contributed by atoms with Gasteiger partial charge in [0.05, 0.1) is 11.3 Å². The molecule has 162 valence electrons. The maximum atomic E-state index is 13.3. The second-order valence-corrected chi connectivity index (χ2v) is 8.04. The number of nitrogens with zero attached hydrogens (tertiary/aromatic N) is 4. The predicted molar refractivity (Wildman–Crippen MR) is 109 cm³/mol. The predicted octanol–water partition coefficient (Wildman–Crippen LogP) is 2.14. The molecule has 0 atom stereocenters. The minimum absolute atomic E-state index is 0.133. The molecule has 0 radical (unpaired) electrons. The van der Waals surface area contributed by atoms with Crippen molar-refractivity contribution < 1.29 is 13.2 Å². The van der Waals surface area contributed by atoms with Crippen LogP contribution < -0.4 is 10.5 Å². The lowest BCUT2D eigenvalue weighted by atomic mass is 10.1. The Kier molecular flexibility index (Phi) is 5.84. The van der Waals surface area contributed by atoms with Crippen LogP contribution in [0, 0.1) is 0 Å². The molecule has 0 saturated carbocycles. The first-order valence-corrected chi connectivity index (χ1v) is 10.2. The molecule has 1 saturated heterocycles. The van der Waals surface area contributed by atoms with Gasteiger partial charge in [-0.05, 0) is 25.1 Å². The van der Waals surface area contributed by atoms with Gasteiger partial charge in [0.15, 0.2) is 0 Å². The first-order valence-electron chi connectivity index (χ1n) is 10.2.